The lowest BCUT2D eigenvalue weighted by atomic mass is 10.2. The Morgan fingerprint density at radius 3 is 2.47 bits per heavy atom. The molecule has 0 aliphatic carbocycles. The molecule has 0 aromatic heterocycles. The Morgan fingerprint density at radius 2 is 2.13 bits per heavy atom. The molecule has 0 bridgehead atoms. The van der Waals surface area contributed by atoms with Crippen LogP contribution < -0.4 is 11.1 Å². The van der Waals surface area contributed by atoms with Crippen LogP contribution in [-0.2, 0) is 4.79 Å². The number of carbonyl (C=O) groups excluding carboxylic acids is 1. The quantitative estimate of drug-likeness (QED) is 0.627. The molecule has 15 heavy (non-hydrogen) atoms. The van der Waals surface area contributed by atoms with E-state index in [0.29, 0.717) is 11.5 Å². The molecule has 0 aliphatic rings. The fourth-order valence-electron chi connectivity index (χ4n) is 1.54. The van der Waals surface area contributed by atoms with E-state index in [1.54, 1.807) is 7.05 Å². The van der Waals surface area contributed by atoms with Crippen molar-refractivity contribution in [2.75, 3.05) is 20.1 Å². The summed E-state index contributed by atoms with van der Waals surface area (Å²) in [5.41, 5.74) is 5.65. The fraction of sp³-hybridized carbons (Fsp3) is 0.800. The molecule has 0 aromatic carbocycles. The van der Waals surface area contributed by atoms with E-state index in [9.17, 15) is 4.79 Å². The average Bonchev–Trinajstić information content (AvgIpc) is 2.18. The maximum absolute atomic E-state index is 11.3. The molecule has 0 aliphatic heterocycles. The number of likely N-dealkylation sites (N-methyl/N-ethyl adjacent to an activating group) is 1. The normalized spacial score (nSPS) is 12.5. The number of nitrogens with two attached hydrogens (primary N) is 1. The number of hydrogen-bond donors (Lipinski definition) is 2. The largest absolute Gasteiger partial charge is 0.392 e. The Bertz CT molecular complexity index is 221. The molecular formula is C10H21N3OS. The summed E-state index contributed by atoms with van der Waals surface area (Å²) in [6.45, 7) is 5.29. The molecule has 0 heterocycles. The summed E-state index contributed by atoms with van der Waals surface area (Å²) in [5.74, 6) is -0.00171. The lowest BCUT2D eigenvalue weighted by Gasteiger charge is -2.29. The summed E-state index contributed by atoms with van der Waals surface area (Å²) in [6, 6.07) is 0.0252. The molecule has 0 radical (unpaired) electrons. The van der Waals surface area contributed by atoms with Crippen LogP contribution in [0.4, 0.5) is 0 Å². The van der Waals surface area contributed by atoms with E-state index in [1.165, 1.54) is 0 Å². The third-order valence-corrected chi connectivity index (χ3v) is 2.56. The van der Waals surface area contributed by atoms with Crippen molar-refractivity contribution in [3.63, 3.8) is 0 Å². The molecule has 0 rings (SSSR count). The van der Waals surface area contributed by atoms with Gasteiger partial charge in [0.15, 0.2) is 0 Å². The van der Waals surface area contributed by atoms with Gasteiger partial charge in [0.25, 0.3) is 0 Å². The van der Waals surface area contributed by atoms with Crippen LogP contribution in [0.25, 0.3) is 0 Å². The number of rotatable bonds is 7. The van der Waals surface area contributed by atoms with E-state index in [0.717, 1.165) is 19.4 Å². The Balaban J connectivity index is 4.46. The number of amides is 1. The standard InChI is InChI=1S/C10H21N3OS/c1-4-6-13(7-9(14)12-3)8(5-2)10(11)15/h8H,4-7H2,1-3H3,(H2,11,15)(H,12,14). The van der Waals surface area contributed by atoms with E-state index in [1.807, 2.05) is 11.8 Å². The van der Waals surface area contributed by atoms with Gasteiger partial charge in [-0.2, -0.15) is 0 Å². The Labute approximate surface area is 97.2 Å². The van der Waals surface area contributed by atoms with Gasteiger partial charge in [-0.1, -0.05) is 26.1 Å². The molecule has 0 spiro atoms. The third-order valence-electron chi connectivity index (χ3n) is 2.29. The monoisotopic (exact) mass is 231 g/mol. The first kappa shape index (κ1) is 14.3. The highest BCUT2D eigenvalue weighted by atomic mass is 32.1. The highest BCUT2D eigenvalue weighted by Gasteiger charge is 2.20. The zero-order valence-corrected chi connectivity index (χ0v) is 10.6. The average molecular weight is 231 g/mol. The Kier molecular flexibility index (Phi) is 7.25. The van der Waals surface area contributed by atoms with E-state index < -0.39 is 0 Å². The second-order valence-corrected chi connectivity index (χ2v) is 3.94. The molecule has 1 unspecified atom stereocenters. The van der Waals surface area contributed by atoms with Crippen LogP contribution >= 0.6 is 12.2 Å². The summed E-state index contributed by atoms with van der Waals surface area (Å²) in [5, 5.41) is 2.61. The molecule has 88 valence electrons. The van der Waals surface area contributed by atoms with Gasteiger partial charge in [0.1, 0.15) is 0 Å². The minimum absolute atomic E-state index is 0.00171. The molecule has 0 aromatic rings. The predicted octanol–water partition coefficient (Wildman–Crippen LogP) is 0.509. The third kappa shape index (κ3) is 5.09. The first-order valence-corrected chi connectivity index (χ1v) is 5.71. The van der Waals surface area contributed by atoms with Gasteiger partial charge in [0.05, 0.1) is 17.6 Å². The molecule has 3 N–H and O–H groups in total. The van der Waals surface area contributed by atoms with Gasteiger partial charge in [-0.3, -0.25) is 9.69 Å². The van der Waals surface area contributed by atoms with Crippen molar-refractivity contribution in [1.29, 1.82) is 0 Å². The number of hydrogen-bond acceptors (Lipinski definition) is 3. The molecule has 4 nitrogen and oxygen atoms in total. The van der Waals surface area contributed by atoms with Gasteiger partial charge in [-0.05, 0) is 19.4 Å². The van der Waals surface area contributed by atoms with Crippen molar-refractivity contribution in [1.82, 2.24) is 10.2 Å². The second kappa shape index (κ2) is 7.59. The highest BCUT2D eigenvalue weighted by molar-refractivity contribution is 7.80. The Morgan fingerprint density at radius 1 is 1.53 bits per heavy atom. The summed E-state index contributed by atoms with van der Waals surface area (Å²) < 4.78 is 0. The molecule has 1 atom stereocenters. The van der Waals surface area contributed by atoms with Crippen molar-refractivity contribution >= 4 is 23.1 Å². The number of thiocarbonyl (C=S) groups is 1. The summed E-state index contributed by atoms with van der Waals surface area (Å²) in [4.78, 5) is 13.8. The van der Waals surface area contributed by atoms with Crippen molar-refractivity contribution in [2.45, 2.75) is 32.7 Å². The zero-order valence-electron chi connectivity index (χ0n) is 9.75. The maximum Gasteiger partial charge on any atom is 0.233 e. The summed E-state index contributed by atoms with van der Waals surface area (Å²) >= 11 is 5.00. The van der Waals surface area contributed by atoms with Crippen LogP contribution in [0, 0.1) is 0 Å². The predicted molar refractivity (Wildman–Crippen MR) is 66.8 cm³/mol. The van der Waals surface area contributed by atoms with Crippen LogP contribution in [-0.4, -0.2) is 42.0 Å². The smallest absolute Gasteiger partial charge is 0.233 e. The maximum atomic E-state index is 11.3. The summed E-state index contributed by atoms with van der Waals surface area (Å²) in [6.07, 6.45) is 1.82. The number of carbonyl (C=O) groups is 1. The second-order valence-electron chi connectivity index (χ2n) is 3.47. The van der Waals surface area contributed by atoms with E-state index in [-0.39, 0.29) is 11.9 Å². The Hall–Kier alpha value is -0.680. The SMILES string of the molecule is CCCN(CC(=O)NC)C(CC)C(N)=S. The van der Waals surface area contributed by atoms with Gasteiger partial charge >= 0.3 is 0 Å². The minimum atomic E-state index is -0.00171. The molecule has 1 amide bonds. The lowest BCUT2D eigenvalue weighted by Crippen LogP contribution is -2.47. The van der Waals surface area contributed by atoms with Crippen LogP contribution in [0.1, 0.15) is 26.7 Å². The van der Waals surface area contributed by atoms with Crippen molar-refractivity contribution in [3.05, 3.63) is 0 Å². The van der Waals surface area contributed by atoms with Gasteiger partial charge < -0.3 is 11.1 Å². The fourth-order valence-corrected chi connectivity index (χ4v) is 1.85. The highest BCUT2D eigenvalue weighted by Crippen LogP contribution is 2.05. The molecular weight excluding hydrogens is 210 g/mol. The van der Waals surface area contributed by atoms with Crippen molar-refractivity contribution < 1.29 is 4.79 Å². The molecule has 0 fully saturated rings. The number of nitrogens with zero attached hydrogens (tertiary/aromatic N) is 1. The van der Waals surface area contributed by atoms with Crippen LogP contribution in [0.2, 0.25) is 0 Å². The van der Waals surface area contributed by atoms with E-state index >= 15 is 0 Å². The molecule has 0 saturated heterocycles. The first-order chi connectivity index (χ1) is 7.06. The van der Waals surface area contributed by atoms with E-state index in [2.05, 4.69) is 12.2 Å². The summed E-state index contributed by atoms with van der Waals surface area (Å²) in [7, 11) is 1.63. The lowest BCUT2D eigenvalue weighted by molar-refractivity contribution is -0.122. The number of nitrogens with one attached hydrogen (secondary N) is 1. The zero-order chi connectivity index (χ0) is 11.8. The minimum Gasteiger partial charge on any atom is -0.392 e. The van der Waals surface area contributed by atoms with E-state index in [4.69, 9.17) is 18.0 Å². The van der Waals surface area contributed by atoms with Crippen LogP contribution in [0.5, 0.6) is 0 Å². The van der Waals surface area contributed by atoms with Crippen LogP contribution in [0.3, 0.4) is 0 Å². The van der Waals surface area contributed by atoms with Gasteiger partial charge in [-0.15, -0.1) is 0 Å². The van der Waals surface area contributed by atoms with Gasteiger partial charge in [0, 0.05) is 7.05 Å². The molecule has 0 saturated carbocycles. The molecule has 5 heteroatoms. The topological polar surface area (TPSA) is 58.4 Å². The van der Waals surface area contributed by atoms with Crippen molar-refractivity contribution in [3.8, 4) is 0 Å². The van der Waals surface area contributed by atoms with Gasteiger partial charge in [-0.25, -0.2) is 0 Å². The first-order valence-electron chi connectivity index (χ1n) is 5.30. The van der Waals surface area contributed by atoms with Crippen molar-refractivity contribution in [2.24, 2.45) is 5.73 Å². The van der Waals surface area contributed by atoms with Crippen LogP contribution in [0.15, 0.2) is 0 Å². The van der Waals surface area contributed by atoms with Gasteiger partial charge in [0.2, 0.25) is 5.91 Å².